The van der Waals surface area contributed by atoms with E-state index in [1.54, 1.807) is 23.1 Å². The molecule has 0 spiro atoms. The summed E-state index contributed by atoms with van der Waals surface area (Å²) in [4.78, 5) is 25.2. The minimum absolute atomic E-state index is 0.0137. The van der Waals surface area contributed by atoms with E-state index in [1.165, 1.54) is 6.92 Å². The molecule has 6 heteroatoms. The lowest BCUT2D eigenvalue weighted by atomic mass is 9.96. The predicted octanol–water partition coefficient (Wildman–Crippen LogP) is 1.91. The maximum Gasteiger partial charge on any atom is 0.255 e. The number of nitrogens with zero attached hydrogens (tertiary/aromatic N) is 1. The van der Waals surface area contributed by atoms with Crippen molar-refractivity contribution in [3.05, 3.63) is 28.8 Å². The van der Waals surface area contributed by atoms with Gasteiger partial charge in [0.2, 0.25) is 5.91 Å². The van der Waals surface area contributed by atoms with Crippen molar-refractivity contribution in [1.82, 2.24) is 10.2 Å². The molecular formula is C15H20ClN3O2. The number of piperidine rings is 1. The number of rotatable bonds is 3. The zero-order valence-corrected chi connectivity index (χ0v) is 12.8. The number of nitrogens with two attached hydrogens (primary N) is 1. The van der Waals surface area contributed by atoms with E-state index in [1.807, 2.05) is 0 Å². The molecule has 0 aliphatic carbocycles. The van der Waals surface area contributed by atoms with Crippen LogP contribution in [0, 0.1) is 5.92 Å². The molecule has 0 aromatic heterocycles. The van der Waals surface area contributed by atoms with Gasteiger partial charge in [-0.3, -0.25) is 9.59 Å². The van der Waals surface area contributed by atoms with Crippen LogP contribution in [0.5, 0.6) is 0 Å². The molecule has 1 aliphatic heterocycles. The fraction of sp³-hybridized carbons (Fsp3) is 0.467. The molecule has 1 aliphatic rings. The van der Waals surface area contributed by atoms with Crippen LogP contribution in [-0.4, -0.2) is 36.3 Å². The molecule has 0 bridgehead atoms. The lowest BCUT2D eigenvalue weighted by Gasteiger charge is -2.32. The Labute approximate surface area is 129 Å². The number of para-hydroxylation sites is 1. The second-order valence-corrected chi connectivity index (χ2v) is 5.78. The van der Waals surface area contributed by atoms with Crippen LogP contribution in [0.25, 0.3) is 0 Å². The Morgan fingerprint density at radius 2 is 2.05 bits per heavy atom. The van der Waals surface area contributed by atoms with Crippen LogP contribution in [0.2, 0.25) is 5.02 Å². The Bertz CT molecular complexity index is 540. The Balaban J connectivity index is 1.94. The number of nitrogen functional groups attached to an aromatic ring is 1. The average molecular weight is 310 g/mol. The van der Waals surface area contributed by atoms with Gasteiger partial charge in [-0.2, -0.15) is 0 Å². The third-order valence-corrected chi connectivity index (χ3v) is 4.15. The smallest absolute Gasteiger partial charge is 0.255 e. The number of likely N-dealkylation sites (tertiary alicyclic amines) is 1. The van der Waals surface area contributed by atoms with Crippen LogP contribution in [0.3, 0.4) is 0 Å². The van der Waals surface area contributed by atoms with E-state index in [4.69, 9.17) is 17.3 Å². The van der Waals surface area contributed by atoms with Crippen LogP contribution in [0.1, 0.15) is 30.1 Å². The van der Waals surface area contributed by atoms with Gasteiger partial charge in [0.1, 0.15) is 0 Å². The average Bonchev–Trinajstić information content (AvgIpc) is 2.48. The maximum atomic E-state index is 12.5. The van der Waals surface area contributed by atoms with Crippen molar-refractivity contribution in [2.24, 2.45) is 5.92 Å². The molecule has 21 heavy (non-hydrogen) atoms. The second-order valence-electron chi connectivity index (χ2n) is 5.37. The fourth-order valence-electron chi connectivity index (χ4n) is 2.52. The molecule has 0 saturated carbocycles. The molecule has 1 heterocycles. The fourth-order valence-corrected chi connectivity index (χ4v) is 2.70. The molecule has 0 atom stereocenters. The number of carbonyl (C=O) groups is 2. The van der Waals surface area contributed by atoms with Crippen molar-refractivity contribution in [3.63, 3.8) is 0 Å². The summed E-state index contributed by atoms with van der Waals surface area (Å²) in [6.07, 6.45) is 1.76. The number of hydrogen-bond acceptors (Lipinski definition) is 3. The van der Waals surface area contributed by atoms with Crippen LogP contribution >= 0.6 is 11.6 Å². The lowest BCUT2D eigenvalue weighted by Crippen LogP contribution is -2.41. The van der Waals surface area contributed by atoms with Crippen molar-refractivity contribution in [2.45, 2.75) is 19.8 Å². The minimum atomic E-state index is -0.0759. The van der Waals surface area contributed by atoms with E-state index >= 15 is 0 Å². The number of halogens is 1. The highest BCUT2D eigenvalue weighted by Crippen LogP contribution is 2.25. The number of hydrogen-bond donors (Lipinski definition) is 2. The van der Waals surface area contributed by atoms with Crippen LogP contribution in [-0.2, 0) is 4.79 Å². The van der Waals surface area contributed by atoms with Gasteiger partial charge >= 0.3 is 0 Å². The van der Waals surface area contributed by atoms with Crippen molar-refractivity contribution in [2.75, 3.05) is 25.4 Å². The number of nitrogens with one attached hydrogen (secondary N) is 1. The molecule has 5 nitrogen and oxygen atoms in total. The molecule has 1 aromatic carbocycles. The monoisotopic (exact) mass is 309 g/mol. The van der Waals surface area contributed by atoms with Crippen molar-refractivity contribution < 1.29 is 9.59 Å². The van der Waals surface area contributed by atoms with Gasteiger partial charge in [-0.1, -0.05) is 17.7 Å². The molecule has 1 fully saturated rings. The summed E-state index contributed by atoms with van der Waals surface area (Å²) in [6, 6.07) is 5.11. The summed E-state index contributed by atoms with van der Waals surface area (Å²) in [5, 5.41) is 3.23. The summed E-state index contributed by atoms with van der Waals surface area (Å²) < 4.78 is 0. The number of amides is 2. The van der Waals surface area contributed by atoms with E-state index in [9.17, 15) is 9.59 Å². The standard InChI is InChI=1S/C15H20ClN3O2/c1-10(20)18-9-11-5-7-19(8-6-11)15(21)12-3-2-4-13(16)14(12)17/h2-4,11H,5-9,17H2,1H3,(H,18,20). The Kier molecular flexibility index (Phi) is 5.07. The van der Waals surface area contributed by atoms with Crippen molar-refractivity contribution in [1.29, 1.82) is 0 Å². The highest BCUT2D eigenvalue weighted by Gasteiger charge is 2.25. The first-order chi connectivity index (χ1) is 9.99. The third-order valence-electron chi connectivity index (χ3n) is 3.82. The van der Waals surface area contributed by atoms with Gasteiger partial charge in [-0.05, 0) is 30.9 Å². The summed E-state index contributed by atoms with van der Waals surface area (Å²) >= 11 is 5.95. The molecule has 0 unspecified atom stereocenters. The molecule has 2 rings (SSSR count). The highest BCUT2D eigenvalue weighted by molar-refractivity contribution is 6.33. The van der Waals surface area contributed by atoms with E-state index in [-0.39, 0.29) is 11.8 Å². The summed E-state index contributed by atoms with van der Waals surface area (Å²) in [5.74, 6) is 0.336. The predicted molar refractivity (Wildman–Crippen MR) is 83.2 cm³/mol. The first kappa shape index (κ1) is 15.6. The SMILES string of the molecule is CC(=O)NCC1CCN(C(=O)c2cccc(Cl)c2N)CC1. The Hall–Kier alpha value is -1.75. The van der Waals surface area contributed by atoms with Crippen molar-refractivity contribution >= 4 is 29.1 Å². The van der Waals surface area contributed by atoms with Gasteiger partial charge in [0.15, 0.2) is 0 Å². The number of benzene rings is 1. The molecule has 1 saturated heterocycles. The Morgan fingerprint density at radius 1 is 1.38 bits per heavy atom. The van der Waals surface area contributed by atoms with Gasteiger partial charge < -0.3 is 16.0 Å². The van der Waals surface area contributed by atoms with E-state index in [0.717, 1.165) is 12.8 Å². The van der Waals surface area contributed by atoms with Crippen LogP contribution in [0.15, 0.2) is 18.2 Å². The van der Waals surface area contributed by atoms with Gasteiger partial charge in [0.05, 0.1) is 16.3 Å². The molecule has 3 N–H and O–H groups in total. The third kappa shape index (κ3) is 3.88. The van der Waals surface area contributed by atoms with Crippen LogP contribution in [0.4, 0.5) is 5.69 Å². The zero-order chi connectivity index (χ0) is 15.4. The quantitative estimate of drug-likeness (QED) is 0.838. The normalized spacial score (nSPS) is 15.8. The lowest BCUT2D eigenvalue weighted by molar-refractivity contribution is -0.119. The van der Waals surface area contributed by atoms with Gasteiger partial charge in [0, 0.05) is 26.6 Å². The van der Waals surface area contributed by atoms with E-state index in [0.29, 0.717) is 41.8 Å². The summed E-state index contributed by atoms with van der Waals surface area (Å²) in [6.45, 7) is 3.54. The van der Waals surface area contributed by atoms with Crippen molar-refractivity contribution in [3.8, 4) is 0 Å². The first-order valence-electron chi connectivity index (χ1n) is 7.06. The highest BCUT2D eigenvalue weighted by atomic mass is 35.5. The van der Waals surface area contributed by atoms with Gasteiger partial charge in [-0.15, -0.1) is 0 Å². The summed E-state index contributed by atoms with van der Waals surface area (Å²) in [5.41, 5.74) is 6.67. The number of anilines is 1. The van der Waals surface area contributed by atoms with Gasteiger partial charge in [-0.25, -0.2) is 0 Å². The molecule has 0 radical (unpaired) electrons. The molecule has 114 valence electrons. The second kappa shape index (κ2) is 6.80. The maximum absolute atomic E-state index is 12.5. The summed E-state index contributed by atoms with van der Waals surface area (Å²) in [7, 11) is 0. The first-order valence-corrected chi connectivity index (χ1v) is 7.44. The molecular weight excluding hydrogens is 290 g/mol. The number of carbonyl (C=O) groups excluding carboxylic acids is 2. The topological polar surface area (TPSA) is 75.4 Å². The zero-order valence-electron chi connectivity index (χ0n) is 12.1. The van der Waals surface area contributed by atoms with Gasteiger partial charge in [0.25, 0.3) is 5.91 Å². The molecule has 2 amide bonds. The van der Waals surface area contributed by atoms with E-state index < -0.39 is 0 Å². The Morgan fingerprint density at radius 3 is 2.67 bits per heavy atom. The van der Waals surface area contributed by atoms with Crippen LogP contribution < -0.4 is 11.1 Å². The molecule has 1 aromatic rings. The largest absolute Gasteiger partial charge is 0.397 e. The minimum Gasteiger partial charge on any atom is -0.397 e. The van der Waals surface area contributed by atoms with E-state index in [2.05, 4.69) is 5.32 Å².